The van der Waals surface area contributed by atoms with Crippen LogP contribution in [0.5, 0.6) is 17.2 Å². The van der Waals surface area contributed by atoms with Crippen LogP contribution in [0.25, 0.3) is 0 Å². The van der Waals surface area contributed by atoms with Crippen molar-refractivity contribution >= 4 is 7.28 Å². The fourth-order valence-corrected chi connectivity index (χ4v) is 11.4. The Labute approximate surface area is 330 Å². The first-order valence-electron chi connectivity index (χ1n) is 20.8. The molecule has 0 radical (unpaired) electrons. The van der Waals surface area contributed by atoms with Gasteiger partial charge in [0.1, 0.15) is 0 Å². The minimum absolute atomic E-state index is 0.0185. The monoisotopic (exact) mass is 786 g/mol. The van der Waals surface area contributed by atoms with Gasteiger partial charge in [-0.1, -0.05) is 39.0 Å². The topological polar surface area (TPSA) is 149 Å². The molecular weight excluding hydrogens is 715 g/mol. The summed E-state index contributed by atoms with van der Waals surface area (Å²) in [5, 5.41) is 66.2. The summed E-state index contributed by atoms with van der Waals surface area (Å²) in [4.78, 5) is 0. The maximum atomic E-state index is 12.7. The van der Waals surface area contributed by atoms with Gasteiger partial charge >= 0.3 is 293 Å². The first kappa shape index (κ1) is 46.6. The second-order valence-corrected chi connectivity index (χ2v) is 19.1. The summed E-state index contributed by atoms with van der Waals surface area (Å²) < 4.78 is 21.1. The van der Waals surface area contributed by atoms with Crippen LogP contribution >= 0.6 is 7.28 Å². The van der Waals surface area contributed by atoms with E-state index in [1.807, 2.05) is 57.2 Å². The Balaban J connectivity index is 1.92. The molecule has 0 aromatic heterocycles. The van der Waals surface area contributed by atoms with Crippen molar-refractivity contribution in [1.82, 2.24) is 0 Å². The molecule has 6 N–H and O–H groups in total. The molecule has 55 heavy (non-hydrogen) atoms. The predicted octanol–water partition coefficient (Wildman–Crippen LogP) is 9.46. The van der Waals surface area contributed by atoms with E-state index in [4.69, 9.17) is 13.6 Å². The van der Waals surface area contributed by atoms with Crippen LogP contribution in [0.4, 0.5) is 0 Å². The van der Waals surface area contributed by atoms with Crippen LogP contribution in [-0.2, 0) is 0 Å². The zero-order chi connectivity index (χ0) is 40.1. The van der Waals surface area contributed by atoms with E-state index in [1.165, 1.54) is 70.6 Å². The molecule has 5 atom stereocenters. The van der Waals surface area contributed by atoms with Crippen molar-refractivity contribution in [3.05, 3.63) is 89.5 Å². The summed E-state index contributed by atoms with van der Waals surface area (Å²) in [6, 6.07) is 21.8. The van der Waals surface area contributed by atoms with Gasteiger partial charge in [0.25, 0.3) is 0 Å². The summed E-state index contributed by atoms with van der Waals surface area (Å²) >= 11 is 0. The quantitative estimate of drug-likeness (QED) is 0.0299. The van der Waals surface area contributed by atoms with Gasteiger partial charge < -0.3 is 0 Å². The van der Waals surface area contributed by atoms with E-state index in [0.29, 0.717) is 23.7 Å². The molecule has 9 nitrogen and oxygen atoms in total. The van der Waals surface area contributed by atoms with E-state index in [0.717, 1.165) is 42.4 Å². The van der Waals surface area contributed by atoms with Crippen molar-refractivity contribution in [2.45, 2.75) is 161 Å². The number of hydrogen-bond donors (Lipinski definition) is 6. The van der Waals surface area contributed by atoms with E-state index in [-0.39, 0.29) is 6.16 Å². The molecule has 310 valence electrons. The van der Waals surface area contributed by atoms with E-state index in [1.54, 1.807) is 36.4 Å². The van der Waals surface area contributed by atoms with E-state index >= 15 is 0 Å². The molecule has 0 amide bonds. The van der Waals surface area contributed by atoms with Crippen molar-refractivity contribution in [2.24, 2.45) is 0 Å². The SMILES string of the molecule is CCCCCCCCCCCCCCCCCCP(Oc1ccccc1C)(Oc1ccccc1C)(Oc1ccccc1C)C(O)[C@H](O)[C@@H](O)[C@H](O)[C@H](O)CO. The Kier molecular flexibility index (Phi) is 20.4. The number of aliphatic hydroxyl groups is 6. The summed E-state index contributed by atoms with van der Waals surface area (Å²) in [6.07, 6.45) is 10.8. The van der Waals surface area contributed by atoms with Crippen LogP contribution in [0.3, 0.4) is 0 Å². The van der Waals surface area contributed by atoms with Crippen molar-refractivity contribution in [2.75, 3.05) is 12.8 Å². The first-order chi connectivity index (χ1) is 26.5. The zero-order valence-electron chi connectivity index (χ0n) is 33.9. The minimum atomic E-state index is -5.24. The van der Waals surface area contributed by atoms with Crippen molar-refractivity contribution in [1.29, 1.82) is 0 Å². The third-order valence-corrected chi connectivity index (χ3v) is 14.9. The average molecular weight is 787 g/mol. The number of unbranched alkanes of at least 4 members (excludes halogenated alkanes) is 15. The fraction of sp³-hybridized carbons (Fsp3) is 0.600. The Morgan fingerprint density at radius 3 is 1.11 bits per heavy atom. The predicted molar refractivity (Wildman–Crippen MR) is 224 cm³/mol. The van der Waals surface area contributed by atoms with Gasteiger partial charge in [-0.05, 0) is 0 Å². The molecule has 0 saturated carbocycles. The fourth-order valence-electron chi connectivity index (χ4n) is 7.04. The number of rotatable bonds is 29. The van der Waals surface area contributed by atoms with Crippen LogP contribution in [-0.4, -0.2) is 73.7 Å². The van der Waals surface area contributed by atoms with Gasteiger partial charge in [-0.3, -0.25) is 0 Å². The molecule has 0 aliphatic rings. The van der Waals surface area contributed by atoms with Gasteiger partial charge in [0.05, 0.1) is 0 Å². The Bertz CT molecular complexity index is 1380. The molecule has 3 aromatic carbocycles. The van der Waals surface area contributed by atoms with E-state index in [2.05, 4.69) is 6.92 Å². The Morgan fingerprint density at radius 2 is 0.782 bits per heavy atom. The Morgan fingerprint density at radius 1 is 0.455 bits per heavy atom. The third-order valence-electron chi connectivity index (χ3n) is 10.7. The molecule has 0 spiro atoms. The number of benzene rings is 3. The molecular formula is C45H71O9P. The van der Waals surface area contributed by atoms with E-state index in [9.17, 15) is 30.6 Å². The number of hydrogen-bond acceptors (Lipinski definition) is 9. The average Bonchev–Trinajstić information content (AvgIpc) is 3.19. The summed E-state index contributed by atoms with van der Waals surface area (Å²) in [7, 11) is -5.24. The van der Waals surface area contributed by atoms with Gasteiger partial charge in [-0.25, -0.2) is 0 Å². The molecule has 0 aliphatic carbocycles. The molecule has 3 rings (SSSR count). The van der Waals surface area contributed by atoms with Crippen LogP contribution in [0.15, 0.2) is 72.8 Å². The third kappa shape index (κ3) is 14.0. The molecule has 10 heteroatoms. The molecule has 0 aliphatic heterocycles. The molecule has 0 heterocycles. The number of para-hydroxylation sites is 3. The Hall–Kier alpha value is -2.75. The molecule has 0 bridgehead atoms. The first-order valence-corrected chi connectivity index (χ1v) is 23.0. The maximum absolute atomic E-state index is 12.7. The second kappa shape index (κ2) is 24.1. The summed E-state index contributed by atoms with van der Waals surface area (Å²) in [5.74, 6) is -0.988. The van der Waals surface area contributed by atoms with Crippen LogP contribution < -0.4 is 13.6 Å². The summed E-state index contributed by atoms with van der Waals surface area (Å²) in [5.41, 5.74) is 2.18. The molecule has 0 saturated heterocycles. The normalized spacial score (nSPS) is 15.3. The standard InChI is InChI=1S/C45H71O9P/c1-5-6-7-8-9-10-11-12-13-14-15-16-17-18-19-26-33-55(52-39-30-23-20-27-35(39)2,53-40-31-24-21-28-36(40)3,54-41-32-25-22-29-37(41)4)45(51)44(50)43(49)42(48)38(47)34-46/h20-25,27-32,38,42-51H,5-19,26,33-34H2,1-4H3/t38-,42-,43+,44-,45?/m1/s1. The number of aryl methyl sites for hydroxylation is 3. The van der Waals surface area contributed by atoms with Gasteiger partial charge in [0.2, 0.25) is 0 Å². The zero-order valence-corrected chi connectivity index (χ0v) is 34.8. The van der Waals surface area contributed by atoms with E-state index < -0.39 is 44.2 Å². The van der Waals surface area contributed by atoms with Gasteiger partial charge in [0, 0.05) is 0 Å². The molecule has 3 aromatic rings. The number of aliphatic hydroxyl groups excluding tert-OH is 6. The van der Waals surface area contributed by atoms with Gasteiger partial charge in [0.15, 0.2) is 0 Å². The van der Waals surface area contributed by atoms with Crippen LogP contribution in [0.2, 0.25) is 0 Å². The van der Waals surface area contributed by atoms with Gasteiger partial charge in [-0.2, -0.15) is 0 Å². The molecule has 0 fully saturated rings. The van der Waals surface area contributed by atoms with Crippen LogP contribution in [0.1, 0.15) is 126 Å². The van der Waals surface area contributed by atoms with Crippen molar-refractivity contribution < 1.29 is 44.2 Å². The van der Waals surface area contributed by atoms with Crippen molar-refractivity contribution in [3.63, 3.8) is 0 Å². The second-order valence-electron chi connectivity index (χ2n) is 15.3. The van der Waals surface area contributed by atoms with Gasteiger partial charge in [-0.15, -0.1) is 0 Å². The van der Waals surface area contributed by atoms with Crippen LogP contribution in [0, 0.1) is 20.8 Å². The summed E-state index contributed by atoms with van der Waals surface area (Å²) in [6.45, 7) is 6.96. The molecule has 1 unspecified atom stereocenters. The van der Waals surface area contributed by atoms with Crippen molar-refractivity contribution in [3.8, 4) is 17.2 Å².